The van der Waals surface area contributed by atoms with Crippen molar-refractivity contribution in [2.24, 2.45) is 0 Å². The molecule has 2 aromatic carbocycles. The molecule has 0 bridgehead atoms. The van der Waals surface area contributed by atoms with E-state index in [-0.39, 0.29) is 5.78 Å². The fraction of sp³-hybridized carbons (Fsp3) is 0.188. The van der Waals surface area contributed by atoms with Crippen LogP contribution in [0.2, 0.25) is 0 Å². The predicted molar refractivity (Wildman–Crippen MR) is 89.6 cm³/mol. The Labute approximate surface area is 140 Å². The zero-order valence-corrected chi connectivity index (χ0v) is 15.0. The van der Waals surface area contributed by atoms with E-state index < -0.39 is 0 Å². The summed E-state index contributed by atoms with van der Waals surface area (Å²) >= 11 is 6.91. The van der Waals surface area contributed by atoms with Crippen LogP contribution in [0.15, 0.2) is 39.3 Å². The Bertz CT molecular complexity index is 674. The van der Waals surface area contributed by atoms with Gasteiger partial charge in [-0.25, -0.2) is 0 Å². The van der Waals surface area contributed by atoms with E-state index >= 15 is 0 Å². The monoisotopic (exact) mass is 412 g/mol. The molecule has 0 saturated carbocycles. The second-order valence-electron chi connectivity index (χ2n) is 4.45. The Morgan fingerprint density at radius 2 is 1.57 bits per heavy atom. The smallest absolute Gasteiger partial charge is 0.201 e. The van der Waals surface area contributed by atoms with Gasteiger partial charge >= 0.3 is 0 Å². The highest BCUT2D eigenvalue weighted by Gasteiger charge is 2.22. The summed E-state index contributed by atoms with van der Waals surface area (Å²) in [6, 6.07) is 8.97. The standard InChI is InChI=1S/C16H14Br2O3/c1-9-7-12(18)10(8-11(9)17)16(19)15-13(20-2)5-4-6-14(15)21-3/h4-8H,1-3H3. The van der Waals surface area contributed by atoms with E-state index in [1.54, 1.807) is 24.3 Å². The van der Waals surface area contributed by atoms with Gasteiger partial charge in [0.15, 0.2) is 0 Å². The lowest BCUT2D eigenvalue weighted by Gasteiger charge is -2.13. The highest BCUT2D eigenvalue weighted by molar-refractivity contribution is 9.11. The number of hydrogen-bond donors (Lipinski definition) is 0. The molecular formula is C16H14Br2O3. The summed E-state index contributed by atoms with van der Waals surface area (Å²) in [5, 5.41) is 0. The molecule has 0 unspecified atom stereocenters. The molecule has 0 heterocycles. The van der Waals surface area contributed by atoms with Gasteiger partial charge in [0.2, 0.25) is 5.78 Å². The first-order valence-corrected chi connectivity index (χ1v) is 7.79. The number of rotatable bonds is 4. The maximum absolute atomic E-state index is 12.9. The maximum Gasteiger partial charge on any atom is 0.201 e. The number of aryl methyl sites for hydroxylation is 1. The Balaban J connectivity index is 2.63. The molecular weight excluding hydrogens is 400 g/mol. The molecule has 0 aliphatic carbocycles. The van der Waals surface area contributed by atoms with Gasteiger partial charge in [-0.2, -0.15) is 0 Å². The first-order chi connectivity index (χ1) is 9.99. The highest BCUT2D eigenvalue weighted by atomic mass is 79.9. The van der Waals surface area contributed by atoms with Crippen LogP contribution in [-0.4, -0.2) is 20.0 Å². The number of carbonyl (C=O) groups is 1. The molecule has 0 N–H and O–H groups in total. The molecule has 3 nitrogen and oxygen atoms in total. The van der Waals surface area contributed by atoms with E-state index in [1.165, 1.54) is 14.2 Å². The number of benzene rings is 2. The minimum Gasteiger partial charge on any atom is -0.496 e. The first-order valence-electron chi connectivity index (χ1n) is 6.21. The normalized spacial score (nSPS) is 10.3. The topological polar surface area (TPSA) is 35.5 Å². The number of methoxy groups -OCH3 is 2. The van der Waals surface area contributed by atoms with E-state index in [9.17, 15) is 4.79 Å². The van der Waals surface area contributed by atoms with Gasteiger partial charge in [0.25, 0.3) is 0 Å². The summed E-state index contributed by atoms with van der Waals surface area (Å²) < 4.78 is 12.2. The van der Waals surface area contributed by atoms with Crippen molar-refractivity contribution in [3.05, 3.63) is 56.0 Å². The molecule has 2 rings (SSSR count). The van der Waals surface area contributed by atoms with Crippen LogP contribution < -0.4 is 9.47 Å². The minimum atomic E-state index is -0.156. The van der Waals surface area contributed by atoms with Crippen molar-refractivity contribution in [3.8, 4) is 11.5 Å². The fourth-order valence-corrected chi connectivity index (χ4v) is 3.01. The van der Waals surface area contributed by atoms with Crippen LogP contribution in [0, 0.1) is 6.92 Å². The molecule has 0 radical (unpaired) electrons. The van der Waals surface area contributed by atoms with Crippen molar-refractivity contribution in [1.29, 1.82) is 0 Å². The zero-order valence-electron chi connectivity index (χ0n) is 11.9. The van der Waals surface area contributed by atoms with Crippen molar-refractivity contribution >= 4 is 37.6 Å². The number of hydrogen-bond acceptors (Lipinski definition) is 3. The average molecular weight is 414 g/mol. The summed E-state index contributed by atoms with van der Waals surface area (Å²) in [6.07, 6.45) is 0. The van der Waals surface area contributed by atoms with Gasteiger partial charge in [-0.1, -0.05) is 37.9 Å². The van der Waals surface area contributed by atoms with Crippen molar-refractivity contribution in [1.82, 2.24) is 0 Å². The van der Waals surface area contributed by atoms with Gasteiger partial charge in [0.05, 0.1) is 14.2 Å². The third-order valence-electron chi connectivity index (χ3n) is 3.15. The Morgan fingerprint density at radius 1 is 1.00 bits per heavy atom. The van der Waals surface area contributed by atoms with Crippen LogP contribution in [-0.2, 0) is 0 Å². The summed E-state index contributed by atoms with van der Waals surface area (Å²) in [6.45, 7) is 1.97. The molecule has 0 spiro atoms. The van der Waals surface area contributed by atoms with Crippen LogP contribution in [0.1, 0.15) is 21.5 Å². The molecule has 2 aromatic rings. The maximum atomic E-state index is 12.9. The molecule has 110 valence electrons. The lowest BCUT2D eigenvalue weighted by atomic mass is 10.0. The Kier molecular flexibility index (Phi) is 5.06. The third kappa shape index (κ3) is 3.14. The largest absolute Gasteiger partial charge is 0.496 e. The van der Waals surface area contributed by atoms with E-state index in [0.29, 0.717) is 22.6 Å². The van der Waals surface area contributed by atoms with Crippen molar-refractivity contribution < 1.29 is 14.3 Å². The van der Waals surface area contributed by atoms with E-state index in [2.05, 4.69) is 31.9 Å². The van der Waals surface area contributed by atoms with Crippen LogP contribution >= 0.6 is 31.9 Å². The number of ketones is 1. The van der Waals surface area contributed by atoms with Crippen LogP contribution in [0.4, 0.5) is 0 Å². The van der Waals surface area contributed by atoms with E-state index in [0.717, 1.165) is 14.5 Å². The molecule has 0 aliphatic rings. The lowest BCUT2D eigenvalue weighted by molar-refractivity contribution is 0.103. The molecule has 0 saturated heterocycles. The van der Waals surface area contributed by atoms with E-state index in [4.69, 9.17) is 9.47 Å². The average Bonchev–Trinajstić information content (AvgIpc) is 2.49. The van der Waals surface area contributed by atoms with Gasteiger partial charge in [0.1, 0.15) is 17.1 Å². The van der Waals surface area contributed by atoms with Crippen molar-refractivity contribution in [3.63, 3.8) is 0 Å². The number of ether oxygens (including phenoxy) is 2. The second-order valence-corrected chi connectivity index (χ2v) is 6.16. The fourth-order valence-electron chi connectivity index (χ4n) is 2.03. The lowest BCUT2D eigenvalue weighted by Crippen LogP contribution is -2.07. The quantitative estimate of drug-likeness (QED) is 0.677. The van der Waals surface area contributed by atoms with Crippen molar-refractivity contribution in [2.45, 2.75) is 6.92 Å². The van der Waals surface area contributed by atoms with Crippen LogP contribution in [0.25, 0.3) is 0 Å². The van der Waals surface area contributed by atoms with Crippen LogP contribution in [0.3, 0.4) is 0 Å². The number of carbonyl (C=O) groups excluding carboxylic acids is 1. The first kappa shape index (κ1) is 16.0. The summed E-state index contributed by atoms with van der Waals surface area (Å²) in [5.41, 5.74) is 2.01. The van der Waals surface area contributed by atoms with Gasteiger partial charge in [-0.15, -0.1) is 0 Å². The van der Waals surface area contributed by atoms with Gasteiger partial charge < -0.3 is 9.47 Å². The van der Waals surface area contributed by atoms with E-state index in [1.807, 2.05) is 13.0 Å². The molecule has 0 amide bonds. The third-order valence-corrected chi connectivity index (χ3v) is 4.66. The molecule has 0 aromatic heterocycles. The molecule has 5 heteroatoms. The van der Waals surface area contributed by atoms with Gasteiger partial charge in [-0.3, -0.25) is 4.79 Å². The van der Waals surface area contributed by atoms with Gasteiger partial charge in [0, 0.05) is 14.5 Å². The molecule has 0 fully saturated rings. The molecule has 0 atom stereocenters. The zero-order chi connectivity index (χ0) is 15.6. The Morgan fingerprint density at radius 3 is 2.10 bits per heavy atom. The highest BCUT2D eigenvalue weighted by Crippen LogP contribution is 2.34. The summed E-state index contributed by atoms with van der Waals surface area (Å²) in [7, 11) is 3.07. The molecule has 0 aliphatic heterocycles. The van der Waals surface area contributed by atoms with Gasteiger partial charge in [-0.05, 0) is 36.8 Å². The predicted octanol–water partition coefficient (Wildman–Crippen LogP) is 4.77. The summed E-state index contributed by atoms with van der Waals surface area (Å²) in [4.78, 5) is 12.9. The number of halogens is 2. The second kappa shape index (κ2) is 6.62. The SMILES string of the molecule is COc1cccc(OC)c1C(=O)c1cc(Br)c(C)cc1Br. The Hall–Kier alpha value is -1.33. The van der Waals surface area contributed by atoms with Crippen LogP contribution in [0.5, 0.6) is 11.5 Å². The molecule has 21 heavy (non-hydrogen) atoms. The summed E-state index contributed by atoms with van der Waals surface area (Å²) in [5.74, 6) is 0.822. The minimum absolute atomic E-state index is 0.156. The van der Waals surface area contributed by atoms with Crippen molar-refractivity contribution in [2.75, 3.05) is 14.2 Å².